The summed E-state index contributed by atoms with van der Waals surface area (Å²) in [5.41, 5.74) is 0.141. The minimum absolute atomic E-state index is 0.141. The number of aromatic carboxylic acids is 1. The smallest absolute Gasteiger partial charge is 0.339 e. The lowest BCUT2D eigenvalue weighted by Crippen LogP contribution is -2.05. The number of nitrogens with zero attached hydrogens (tertiary/aromatic N) is 1. The lowest BCUT2D eigenvalue weighted by Gasteiger charge is -2.07. The van der Waals surface area contributed by atoms with Crippen LogP contribution in [-0.4, -0.2) is 36.4 Å². The second-order valence-corrected chi connectivity index (χ2v) is 3.23. The monoisotopic (exact) mass is 225 g/mol. The number of unbranched alkanes of at least 4 members (excludes halogenated alkanes) is 1. The van der Waals surface area contributed by atoms with Crippen LogP contribution >= 0.6 is 0 Å². The van der Waals surface area contributed by atoms with Crippen molar-refractivity contribution in [3.63, 3.8) is 0 Å². The van der Waals surface area contributed by atoms with Gasteiger partial charge in [0.05, 0.1) is 12.8 Å². The van der Waals surface area contributed by atoms with Crippen LogP contribution in [0.25, 0.3) is 0 Å². The molecular formula is C11H15NO4. The Morgan fingerprint density at radius 3 is 2.88 bits per heavy atom. The Morgan fingerprint density at radius 2 is 2.19 bits per heavy atom. The second-order valence-electron chi connectivity index (χ2n) is 3.23. The van der Waals surface area contributed by atoms with E-state index in [1.807, 2.05) is 0 Å². The molecule has 0 amide bonds. The number of ether oxygens (including phenoxy) is 2. The lowest BCUT2D eigenvalue weighted by atomic mass is 10.2. The molecule has 0 saturated heterocycles. The number of rotatable bonds is 7. The van der Waals surface area contributed by atoms with E-state index in [1.54, 1.807) is 7.11 Å². The third kappa shape index (κ3) is 3.86. The van der Waals surface area contributed by atoms with Gasteiger partial charge in [0, 0.05) is 19.9 Å². The summed E-state index contributed by atoms with van der Waals surface area (Å²) in [6.45, 7) is 1.15. The van der Waals surface area contributed by atoms with Crippen LogP contribution in [0.15, 0.2) is 18.5 Å². The molecule has 0 aromatic carbocycles. The lowest BCUT2D eigenvalue weighted by molar-refractivity contribution is 0.0691. The SMILES string of the molecule is COCCCCOc1cnccc1C(=O)O. The first-order valence-electron chi connectivity index (χ1n) is 5.04. The Hall–Kier alpha value is -1.62. The van der Waals surface area contributed by atoms with Crippen LogP contribution in [0.1, 0.15) is 23.2 Å². The molecule has 0 aliphatic carbocycles. The molecule has 1 aromatic rings. The number of carbonyl (C=O) groups is 1. The largest absolute Gasteiger partial charge is 0.491 e. The van der Waals surface area contributed by atoms with Crippen molar-refractivity contribution >= 4 is 5.97 Å². The molecule has 0 fully saturated rings. The van der Waals surface area contributed by atoms with Crippen LogP contribution in [0, 0.1) is 0 Å². The van der Waals surface area contributed by atoms with Crippen molar-refractivity contribution in [1.29, 1.82) is 0 Å². The number of aromatic nitrogens is 1. The van der Waals surface area contributed by atoms with Crippen LogP contribution in [0.5, 0.6) is 5.75 Å². The van der Waals surface area contributed by atoms with E-state index in [0.717, 1.165) is 12.8 Å². The van der Waals surface area contributed by atoms with E-state index in [-0.39, 0.29) is 5.56 Å². The molecule has 0 atom stereocenters. The van der Waals surface area contributed by atoms with Gasteiger partial charge in [-0.25, -0.2) is 4.79 Å². The number of carboxylic acids is 1. The summed E-state index contributed by atoms with van der Waals surface area (Å²) in [5.74, 6) is -0.693. The number of carboxylic acid groups (broad SMARTS) is 1. The fourth-order valence-electron chi connectivity index (χ4n) is 1.20. The van der Waals surface area contributed by atoms with E-state index in [9.17, 15) is 4.79 Å². The van der Waals surface area contributed by atoms with Crippen molar-refractivity contribution in [3.05, 3.63) is 24.0 Å². The molecule has 0 saturated carbocycles. The molecule has 88 valence electrons. The zero-order valence-corrected chi connectivity index (χ0v) is 9.18. The summed E-state index contributed by atoms with van der Waals surface area (Å²) >= 11 is 0. The first kappa shape index (κ1) is 12.4. The first-order chi connectivity index (χ1) is 7.75. The average molecular weight is 225 g/mol. The molecule has 0 aliphatic heterocycles. The Kier molecular flexibility index (Phi) is 5.28. The van der Waals surface area contributed by atoms with E-state index < -0.39 is 5.97 Å². The average Bonchev–Trinajstić information content (AvgIpc) is 2.29. The highest BCUT2D eigenvalue weighted by Crippen LogP contribution is 2.16. The maximum absolute atomic E-state index is 10.8. The summed E-state index contributed by atoms with van der Waals surface area (Å²) in [4.78, 5) is 14.7. The quantitative estimate of drug-likeness (QED) is 0.713. The molecule has 0 unspecified atom stereocenters. The molecule has 1 rings (SSSR count). The first-order valence-corrected chi connectivity index (χ1v) is 5.04. The predicted molar refractivity (Wildman–Crippen MR) is 57.8 cm³/mol. The highest BCUT2D eigenvalue weighted by Gasteiger charge is 2.10. The Balaban J connectivity index is 2.44. The summed E-state index contributed by atoms with van der Waals surface area (Å²) in [6, 6.07) is 1.42. The van der Waals surface area contributed by atoms with Crippen molar-refractivity contribution in [2.24, 2.45) is 0 Å². The summed E-state index contributed by atoms with van der Waals surface area (Å²) in [5, 5.41) is 8.88. The van der Waals surface area contributed by atoms with Gasteiger partial charge in [-0.2, -0.15) is 0 Å². The number of methoxy groups -OCH3 is 1. The van der Waals surface area contributed by atoms with Crippen molar-refractivity contribution in [2.45, 2.75) is 12.8 Å². The van der Waals surface area contributed by atoms with Gasteiger partial charge in [0.1, 0.15) is 5.56 Å². The van der Waals surface area contributed by atoms with E-state index in [1.165, 1.54) is 18.5 Å². The van der Waals surface area contributed by atoms with Gasteiger partial charge < -0.3 is 14.6 Å². The summed E-state index contributed by atoms with van der Waals surface area (Å²) < 4.78 is 10.2. The van der Waals surface area contributed by atoms with E-state index in [4.69, 9.17) is 14.6 Å². The molecule has 5 heteroatoms. The number of hydrogen-bond donors (Lipinski definition) is 1. The third-order valence-corrected chi connectivity index (χ3v) is 2.02. The van der Waals surface area contributed by atoms with Crippen LogP contribution < -0.4 is 4.74 Å². The van der Waals surface area contributed by atoms with E-state index in [2.05, 4.69) is 4.98 Å². The third-order valence-electron chi connectivity index (χ3n) is 2.02. The fraction of sp³-hybridized carbons (Fsp3) is 0.455. The Bertz CT molecular complexity index is 341. The highest BCUT2D eigenvalue weighted by molar-refractivity contribution is 5.90. The predicted octanol–water partition coefficient (Wildman–Crippen LogP) is 1.59. The van der Waals surface area contributed by atoms with Crippen molar-refractivity contribution < 1.29 is 19.4 Å². The van der Waals surface area contributed by atoms with Gasteiger partial charge in [-0.05, 0) is 18.9 Å². The minimum Gasteiger partial charge on any atom is -0.491 e. The zero-order chi connectivity index (χ0) is 11.8. The van der Waals surface area contributed by atoms with Crippen LogP contribution in [-0.2, 0) is 4.74 Å². The zero-order valence-electron chi connectivity index (χ0n) is 9.18. The van der Waals surface area contributed by atoms with E-state index in [0.29, 0.717) is 19.0 Å². The summed E-state index contributed by atoms with van der Waals surface area (Å²) in [6.07, 6.45) is 4.56. The normalized spacial score (nSPS) is 10.1. The molecule has 5 nitrogen and oxygen atoms in total. The molecule has 1 heterocycles. The Morgan fingerprint density at radius 1 is 1.44 bits per heavy atom. The maximum Gasteiger partial charge on any atom is 0.339 e. The Labute approximate surface area is 94.0 Å². The maximum atomic E-state index is 10.8. The second kappa shape index (κ2) is 6.79. The number of pyridine rings is 1. The van der Waals surface area contributed by atoms with Crippen molar-refractivity contribution in [1.82, 2.24) is 4.98 Å². The molecular weight excluding hydrogens is 210 g/mol. The highest BCUT2D eigenvalue weighted by atomic mass is 16.5. The molecule has 16 heavy (non-hydrogen) atoms. The van der Waals surface area contributed by atoms with Crippen LogP contribution in [0.3, 0.4) is 0 Å². The molecule has 0 spiro atoms. The van der Waals surface area contributed by atoms with Crippen molar-refractivity contribution in [3.8, 4) is 5.75 Å². The minimum atomic E-state index is -1.01. The summed E-state index contributed by atoms with van der Waals surface area (Å²) in [7, 11) is 1.64. The molecule has 1 aromatic heterocycles. The number of hydrogen-bond acceptors (Lipinski definition) is 4. The van der Waals surface area contributed by atoms with Gasteiger partial charge in [0.15, 0.2) is 5.75 Å². The van der Waals surface area contributed by atoms with E-state index >= 15 is 0 Å². The van der Waals surface area contributed by atoms with Gasteiger partial charge in [0.25, 0.3) is 0 Å². The van der Waals surface area contributed by atoms with Gasteiger partial charge in [-0.15, -0.1) is 0 Å². The van der Waals surface area contributed by atoms with Crippen molar-refractivity contribution in [2.75, 3.05) is 20.3 Å². The van der Waals surface area contributed by atoms with Gasteiger partial charge >= 0.3 is 5.97 Å². The van der Waals surface area contributed by atoms with Crippen LogP contribution in [0.2, 0.25) is 0 Å². The molecule has 0 aliphatic rings. The van der Waals surface area contributed by atoms with Gasteiger partial charge in [0.2, 0.25) is 0 Å². The molecule has 1 N–H and O–H groups in total. The van der Waals surface area contributed by atoms with Gasteiger partial charge in [-0.3, -0.25) is 4.98 Å². The van der Waals surface area contributed by atoms with Gasteiger partial charge in [-0.1, -0.05) is 0 Å². The molecule has 0 radical (unpaired) electrons. The standard InChI is InChI=1S/C11H15NO4/c1-15-6-2-3-7-16-10-8-12-5-4-9(10)11(13)14/h4-5,8H,2-3,6-7H2,1H3,(H,13,14). The van der Waals surface area contributed by atoms with Crippen LogP contribution in [0.4, 0.5) is 0 Å². The molecule has 0 bridgehead atoms. The fourth-order valence-corrected chi connectivity index (χ4v) is 1.20. The topological polar surface area (TPSA) is 68.7 Å².